The third-order valence-electron chi connectivity index (χ3n) is 3.10. The van der Waals surface area contributed by atoms with Crippen LogP contribution in [0.15, 0.2) is 29.3 Å². The van der Waals surface area contributed by atoms with Crippen LogP contribution in [0.25, 0.3) is 0 Å². The van der Waals surface area contributed by atoms with Gasteiger partial charge in [-0.2, -0.15) is 0 Å². The molecule has 2 unspecified atom stereocenters. The molecule has 1 aromatic rings. The Balaban J connectivity index is 0.00000147. The van der Waals surface area contributed by atoms with E-state index < -0.39 is 28.4 Å². The molecule has 1 aliphatic carbocycles. The van der Waals surface area contributed by atoms with Gasteiger partial charge in [0.2, 0.25) is 0 Å². The zero-order valence-corrected chi connectivity index (χ0v) is 13.3. The van der Waals surface area contributed by atoms with Crippen molar-refractivity contribution in [2.45, 2.75) is 17.2 Å². The number of ketones is 1. The van der Waals surface area contributed by atoms with Crippen LogP contribution >= 0.6 is 11.8 Å². The molecule has 0 aromatic heterocycles. The first kappa shape index (κ1) is 15.5. The molecule has 1 aromatic carbocycles. The van der Waals surface area contributed by atoms with Gasteiger partial charge in [0.15, 0.2) is 11.3 Å². The van der Waals surface area contributed by atoms with E-state index in [0.29, 0.717) is 5.75 Å². The summed E-state index contributed by atoms with van der Waals surface area (Å²) in [6.45, 7) is 0. The van der Waals surface area contributed by atoms with Gasteiger partial charge in [-0.25, -0.2) is 9.38 Å². The van der Waals surface area contributed by atoms with Gasteiger partial charge in [-0.3, -0.25) is 4.79 Å². The second-order valence-electron chi connectivity index (χ2n) is 4.22. The minimum absolute atomic E-state index is 0. The van der Waals surface area contributed by atoms with Gasteiger partial charge < -0.3 is 14.6 Å². The third-order valence-corrected chi connectivity index (χ3v) is 4.27. The normalized spacial score (nSPS) is 26.9. The summed E-state index contributed by atoms with van der Waals surface area (Å²) >= 11 is 1.08. The fraction of sp³-hybridized carbons (Fsp3) is 0.250. The second kappa shape index (κ2) is 5.48. The Morgan fingerprint density at radius 3 is 2.60 bits per heavy atom. The van der Waals surface area contributed by atoms with Gasteiger partial charge in [-0.15, -0.1) is 0 Å². The van der Waals surface area contributed by atoms with Crippen molar-refractivity contribution in [3.8, 4) is 5.75 Å². The maximum Gasteiger partial charge on any atom is 1.00 e. The van der Waals surface area contributed by atoms with E-state index in [1.807, 2.05) is 0 Å². The van der Waals surface area contributed by atoms with Crippen LogP contribution in [0.4, 0.5) is 4.39 Å². The summed E-state index contributed by atoms with van der Waals surface area (Å²) in [5, 5.41) is 10.7. The van der Waals surface area contributed by atoms with Crippen molar-refractivity contribution in [2.75, 3.05) is 0 Å². The van der Waals surface area contributed by atoms with Crippen LogP contribution in [0.5, 0.6) is 5.75 Å². The van der Waals surface area contributed by atoms with Crippen LogP contribution in [0, 0.1) is 5.82 Å². The van der Waals surface area contributed by atoms with Gasteiger partial charge in [0.05, 0.1) is 11.2 Å². The molecule has 0 bridgehead atoms. The van der Waals surface area contributed by atoms with Crippen LogP contribution in [0.3, 0.4) is 0 Å². The predicted octanol–water partition coefficient (Wildman–Crippen LogP) is -2.86. The molecule has 2 atom stereocenters. The van der Waals surface area contributed by atoms with Crippen molar-refractivity contribution in [3.63, 3.8) is 0 Å². The largest absolute Gasteiger partial charge is 1.00 e. The summed E-state index contributed by atoms with van der Waals surface area (Å²) in [7, 11) is 0. The Morgan fingerprint density at radius 1 is 1.45 bits per heavy atom. The Labute approximate surface area is 139 Å². The number of thioether (sulfide) groups is 1. The minimum atomic E-state index is -1.79. The van der Waals surface area contributed by atoms with Gasteiger partial charge in [0.1, 0.15) is 11.6 Å². The third kappa shape index (κ3) is 2.28. The first-order valence-electron chi connectivity index (χ1n) is 5.47. The molecule has 1 heterocycles. The Hall–Kier alpha value is -0.890. The number of hydrogen-bond acceptors (Lipinski definition) is 6. The zero-order chi connectivity index (χ0) is 13.6. The van der Waals surface area contributed by atoms with Crippen LogP contribution < -0.4 is 39.4 Å². The fourth-order valence-electron chi connectivity index (χ4n) is 2.01. The Morgan fingerprint density at radius 2 is 2.10 bits per heavy atom. The number of halogens is 1. The Kier molecular flexibility index (Phi) is 4.24. The number of hydrogen-bond donors (Lipinski definition) is 0. The second-order valence-corrected chi connectivity index (χ2v) is 5.38. The number of carbonyl (C=O) groups is 2. The number of nitrogens with zero attached hydrogens (tertiary/aromatic N) is 1. The molecule has 2 aliphatic rings. The van der Waals surface area contributed by atoms with Crippen molar-refractivity contribution in [2.24, 2.45) is 4.99 Å². The number of ether oxygens (including phenoxy) is 1. The summed E-state index contributed by atoms with van der Waals surface area (Å²) < 4.78 is 18.1. The number of benzene rings is 1. The summed E-state index contributed by atoms with van der Waals surface area (Å²) in [6.07, 6.45) is 0.137. The molecular weight excluding hydrogens is 296 g/mol. The van der Waals surface area contributed by atoms with E-state index in [9.17, 15) is 19.1 Å². The number of aliphatic carboxylic acids is 1. The molecule has 0 saturated heterocycles. The molecule has 1 fully saturated rings. The van der Waals surface area contributed by atoms with Crippen LogP contribution in [0.1, 0.15) is 6.42 Å². The number of Topliss-reactive ketones (excluding diaryl/α,β-unsaturated/α-hetero) is 1. The first-order valence-corrected chi connectivity index (χ1v) is 6.35. The fourth-order valence-corrected chi connectivity index (χ4v) is 3.28. The zero-order valence-electron chi connectivity index (χ0n) is 10.5. The monoisotopic (exact) mass is 303 g/mol. The van der Waals surface area contributed by atoms with E-state index in [1.165, 1.54) is 24.3 Å². The van der Waals surface area contributed by atoms with E-state index in [4.69, 9.17) is 4.74 Å². The van der Waals surface area contributed by atoms with E-state index in [0.717, 1.165) is 11.8 Å². The summed E-state index contributed by atoms with van der Waals surface area (Å²) in [6, 6.07) is 5.21. The number of rotatable bonds is 2. The molecule has 98 valence electrons. The predicted molar refractivity (Wildman–Crippen MR) is 63.2 cm³/mol. The molecular formula is C12H7FNNaO4S. The van der Waals surface area contributed by atoms with Crippen LogP contribution in [-0.4, -0.2) is 27.8 Å². The minimum Gasteiger partial charge on any atom is -0.547 e. The van der Waals surface area contributed by atoms with Gasteiger partial charge >= 0.3 is 29.6 Å². The smallest absolute Gasteiger partial charge is 0.547 e. The molecule has 1 aliphatic heterocycles. The molecule has 1 saturated carbocycles. The van der Waals surface area contributed by atoms with Gasteiger partial charge in [0.25, 0.3) is 5.23 Å². The van der Waals surface area contributed by atoms with Gasteiger partial charge in [0, 0.05) is 6.42 Å². The molecule has 0 radical (unpaired) electrons. The quantitative estimate of drug-likeness (QED) is 0.434. The van der Waals surface area contributed by atoms with Crippen molar-refractivity contribution in [1.29, 1.82) is 0 Å². The number of carboxylic acids is 1. The molecule has 0 N–H and O–H groups in total. The standard InChI is InChI=1S/C12H8FNO4S.Na/c13-6-1-3-7(4-2-6)18-11-14-12(10(16)17)8(15)5-9(12)19-11;/h1-4,9H,5H2,(H,16,17);/q;+1/p-1. The number of carbonyl (C=O) groups excluding carboxylic acids is 2. The molecule has 8 heteroatoms. The summed E-state index contributed by atoms with van der Waals surface area (Å²) in [5.41, 5.74) is -1.79. The molecule has 3 rings (SSSR count). The number of carboxylic acid groups (broad SMARTS) is 1. The first-order chi connectivity index (χ1) is 9.02. The van der Waals surface area contributed by atoms with Crippen LogP contribution in [0.2, 0.25) is 0 Å². The average molecular weight is 303 g/mol. The van der Waals surface area contributed by atoms with Gasteiger partial charge in [-0.1, -0.05) is 11.8 Å². The molecule has 20 heavy (non-hydrogen) atoms. The summed E-state index contributed by atoms with van der Waals surface area (Å²) in [4.78, 5) is 26.4. The topological polar surface area (TPSA) is 78.8 Å². The summed E-state index contributed by atoms with van der Waals surface area (Å²) in [5.74, 6) is -2.05. The van der Waals surface area contributed by atoms with Crippen molar-refractivity contribution in [3.05, 3.63) is 30.1 Å². The molecule has 5 nitrogen and oxygen atoms in total. The van der Waals surface area contributed by atoms with E-state index in [1.54, 1.807) is 0 Å². The SMILES string of the molecule is O=C([O-])C12N=C(Oc3ccc(F)cc3)SC1CC2=O.[Na+]. The molecule has 0 amide bonds. The maximum absolute atomic E-state index is 12.7. The van der Waals surface area contributed by atoms with Gasteiger partial charge in [-0.05, 0) is 24.3 Å². The average Bonchev–Trinajstić information content (AvgIpc) is 2.65. The van der Waals surface area contributed by atoms with Crippen LogP contribution in [-0.2, 0) is 9.59 Å². The van der Waals surface area contributed by atoms with Crippen molar-refractivity contribution < 1.29 is 53.4 Å². The van der Waals surface area contributed by atoms with E-state index >= 15 is 0 Å². The van der Waals surface area contributed by atoms with Crippen molar-refractivity contribution >= 4 is 28.7 Å². The van der Waals surface area contributed by atoms with E-state index in [-0.39, 0.29) is 41.2 Å². The Bertz CT molecular complexity index is 596. The number of aliphatic imine (C=N–C) groups is 1. The maximum atomic E-state index is 12.7. The van der Waals surface area contributed by atoms with E-state index in [2.05, 4.69) is 4.99 Å². The number of fused-ring (bicyclic) bond motifs is 1. The molecule has 0 spiro atoms. The van der Waals surface area contributed by atoms with Crippen molar-refractivity contribution in [1.82, 2.24) is 0 Å².